The first kappa shape index (κ1) is 14.7. The number of hydrogen-bond donors (Lipinski definition) is 2. The van der Waals surface area contributed by atoms with Crippen molar-refractivity contribution in [3.05, 3.63) is 36.2 Å². The second kappa shape index (κ2) is 6.65. The predicted octanol–water partition coefficient (Wildman–Crippen LogP) is 1.72. The molecule has 7 nitrogen and oxygen atoms in total. The summed E-state index contributed by atoms with van der Waals surface area (Å²) < 4.78 is 5.05. The zero-order valence-corrected chi connectivity index (χ0v) is 11.4. The van der Waals surface area contributed by atoms with Crippen LogP contribution in [0.5, 0.6) is 0 Å². The van der Waals surface area contributed by atoms with E-state index in [0.29, 0.717) is 29.9 Å². The van der Waals surface area contributed by atoms with E-state index in [4.69, 9.17) is 9.52 Å². The first-order valence-corrected chi connectivity index (χ1v) is 6.52. The van der Waals surface area contributed by atoms with Gasteiger partial charge in [-0.1, -0.05) is 13.3 Å². The number of nitrogens with one attached hydrogen (secondary N) is 1. The van der Waals surface area contributed by atoms with Gasteiger partial charge in [0.1, 0.15) is 6.04 Å². The van der Waals surface area contributed by atoms with Gasteiger partial charge in [-0.05, 0) is 30.7 Å². The van der Waals surface area contributed by atoms with Crippen LogP contribution in [0.1, 0.15) is 30.1 Å². The van der Waals surface area contributed by atoms with E-state index in [1.54, 1.807) is 24.3 Å². The fourth-order valence-corrected chi connectivity index (χ4v) is 1.85. The molecule has 2 aromatic rings. The molecule has 1 amide bonds. The Morgan fingerprint density at radius 1 is 1.33 bits per heavy atom. The normalized spacial score (nSPS) is 11.9. The molecule has 0 aliphatic rings. The Hall–Kier alpha value is -2.70. The molecule has 1 atom stereocenters. The van der Waals surface area contributed by atoms with Crippen molar-refractivity contribution < 1.29 is 19.1 Å². The number of aliphatic carboxylic acids is 1. The molecule has 1 aromatic heterocycles. The third-order valence-corrected chi connectivity index (χ3v) is 2.93. The minimum atomic E-state index is -1.03. The zero-order chi connectivity index (χ0) is 15.2. The average molecular weight is 289 g/mol. The van der Waals surface area contributed by atoms with Crippen LogP contribution in [0.15, 0.2) is 35.1 Å². The average Bonchev–Trinajstić information content (AvgIpc) is 3.01. The van der Waals surface area contributed by atoms with Gasteiger partial charge in [0.15, 0.2) is 0 Å². The highest BCUT2D eigenvalue weighted by molar-refractivity contribution is 5.96. The van der Waals surface area contributed by atoms with E-state index in [9.17, 15) is 9.59 Å². The first-order valence-electron chi connectivity index (χ1n) is 6.52. The summed E-state index contributed by atoms with van der Waals surface area (Å²) in [5.41, 5.74) is 1.06. The summed E-state index contributed by atoms with van der Waals surface area (Å²) in [4.78, 5) is 23.0. The molecule has 21 heavy (non-hydrogen) atoms. The Bertz CT molecular complexity index is 608. The van der Waals surface area contributed by atoms with E-state index in [0.717, 1.165) is 0 Å². The molecule has 0 fully saturated rings. The van der Waals surface area contributed by atoms with E-state index >= 15 is 0 Å². The highest BCUT2D eigenvalue weighted by Crippen LogP contribution is 2.16. The SMILES string of the molecule is CCC[C@H](NC(=O)c1ccc(-c2nnco2)cc1)C(=O)O. The van der Waals surface area contributed by atoms with Crippen LogP contribution in [-0.2, 0) is 4.79 Å². The number of hydrogen-bond acceptors (Lipinski definition) is 5. The number of carboxylic acid groups (broad SMARTS) is 1. The Balaban J connectivity index is 2.07. The molecule has 0 spiro atoms. The van der Waals surface area contributed by atoms with Crippen LogP contribution in [0.3, 0.4) is 0 Å². The van der Waals surface area contributed by atoms with E-state index in [1.165, 1.54) is 6.39 Å². The molecule has 1 heterocycles. The fourth-order valence-electron chi connectivity index (χ4n) is 1.85. The third-order valence-electron chi connectivity index (χ3n) is 2.93. The van der Waals surface area contributed by atoms with Gasteiger partial charge < -0.3 is 14.8 Å². The van der Waals surface area contributed by atoms with Gasteiger partial charge in [0.05, 0.1) is 0 Å². The molecule has 110 valence electrons. The maximum Gasteiger partial charge on any atom is 0.326 e. The van der Waals surface area contributed by atoms with Crippen molar-refractivity contribution in [1.29, 1.82) is 0 Å². The molecule has 0 unspecified atom stereocenters. The molecule has 0 bridgehead atoms. The number of amides is 1. The molecule has 0 aliphatic heterocycles. The first-order chi connectivity index (χ1) is 10.1. The number of carbonyl (C=O) groups is 2. The van der Waals surface area contributed by atoms with Gasteiger partial charge in [-0.15, -0.1) is 10.2 Å². The van der Waals surface area contributed by atoms with Crippen molar-refractivity contribution in [3.63, 3.8) is 0 Å². The number of benzene rings is 1. The lowest BCUT2D eigenvalue weighted by Crippen LogP contribution is -2.40. The van der Waals surface area contributed by atoms with Crippen LogP contribution in [-0.4, -0.2) is 33.2 Å². The van der Waals surface area contributed by atoms with Gasteiger partial charge in [-0.2, -0.15) is 0 Å². The van der Waals surface area contributed by atoms with Crippen LogP contribution < -0.4 is 5.32 Å². The van der Waals surface area contributed by atoms with Gasteiger partial charge in [0.25, 0.3) is 5.91 Å². The van der Waals surface area contributed by atoms with Crippen molar-refractivity contribution in [2.75, 3.05) is 0 Å². The van der Waals surface area contributed by atoms with Crippen LogP contribution in [0, 0.1) is 0 Å². The summed E-state index contributed by atoms with van der Waals surface area (Å²) >= 11 is 0. The lowest BCUT2D eigenvalue weighted by Gasteiger charge is -2.13. The molecule has 1 aromatic carbocycles. The predicted molar refractivity (Wildman–Crippen MR) is 73.5 cm³/mol. The number of aromatic nitrogens is 2. The van der Waals surface area contributed by atoms with Gasteiger partial charge in [-0.25, -0.2) is 4.79 Å². The Morgan fingerprint density at radius 2 is 2.05 bits per heavy atom. The molecular formula is C14H15N3O4. The molecular weight excluding hydrogens is 274 g/mol. The smallest absolute Gasteiger partial charge is 0.326 e. The van der Waals surface area contributed by atoms with Gasteiger partial charge in [0.2, 0.25) is 12.3 Å². The topological polar surface area (TPSA) is 105 Å². The van der Waals surface area contributed by atoms with Crippen LogP contribution in [0.2, 0.25) is 0 Å². The van der Waals surface area contributed by atoms with Crippen molar-refractivity contribution in [3.8, 4) is 11.5 Å². The number of rotatable bonds is 6. The van der Waals surface area contributed by atoms with Gasteiger partial charge in [0, 0.05) is 11.1 Å². The van der Waals surface area contributed by atoms with Crippen molar-refractivity contribution >= 4 is 11.9 Å². The molecule has 0 aliphatic carbocycles. The monoisotopic (exact) mass is 289 g/mol. The molecule has 0 saturated carbocycles. The Morgan fingerprint density at radius 3 is 2.57 bits per heavy atom. The minimum absolute atomic E-state index is 0.358. The summed E-state index contributed by atoms with van der Waals surface area (Å²) in [6, 6.07) is 5.62. The molecule has 0 radical (unpaired) electrons. The lowest BCUT2D eigenvalue weighted by molar-refractivity contribution is -0.139. The van der Waals surface area contributed by atoms with E-state index < -0.39 is 17.9 Å². The summed E-state index contributed by atoms with van der Waals surface area (Å²) in [6.07, 6.45) is 2.28. The van der Waals surface area contributed by atoms with Crippen LogP contribution in [0.25, 0.3) is 11.5 Å². The second-order valence-corrected chi connectivity index (χ2v) is 4.47. The fraction of sp³-hybridized carbons (Fsp3) is 0.286. The standard InChI is InChI=1S/C14H15N3O4/c1-2-3-11(14(19)20)16-12(18)9-4-6-10(7-5-9)13-17-15-8-21-13/h4-8,11H,2-3H2,1H3,(H,16,18)(H,19,20)/t11-/m0/s1. The number of nitrogens with zero attached hydrogens (tertiary/aromatic N) is 2. The largest absolute Gasteiger partial charge is 0.480 e. The van der Waals surface area contributed by atoms with Gasteiger partial charge in [-0.3, -0.25) is 4.79 Å². The summed E-state index contributed by atoms with van der Waals surface area (Å²) in [5.74, 6) is -1.10. The summed E-state index contributed by atoms with van der Waals surface area (Å²) in [7, 11) is 0. The molecule has 2 rings (SSSR count). The maximum atomic E-state index is 12.0. The maximum absolute atomic E-state index is 12.0. The lowest BCUT2D eigenvalue weighted by atomic mass is 10.1. The molecule has 2 N–H and O–H groups in total. The van der Waals surface area contributed by atoms with E-state index in [1.807, 2.05) is 6.92 Å². The number of carboxylic acids is 1. The highest BCUT2D eigenvalue weighted by Gasteiger charge is 2.19. The summed E-state index contributed by atoms with van der Waals surface area (Å²) in [5, 5.41) is 18.9. The Kier molecular flexibility index (Phi) is 4.65. The van der Waals surface area contributed by atoms with Crippen LogP contribution >= 0.6 is 0 Å². The minimum Gasteiger partial charge on any atom is -0.480 e. The van der Waals surface area contributed by atoms with Gasteiger partial charge >= 0.3 is 5.97 Å². The van der Waals surface area contributed by atoms with E-state index in [2.05, 4.69) is 15.5 Å². The second-order valence-electron chi connectivity index (χ2n) is 4.47. The zero-order valence-electron chi connectivity index (χ0n) is 11.4. The van der Waals surface area contributed by atoms with E-state index in [-0.39, 0.29) is 0 Å². The van der Waals surface area contributed by atoms with Crippen molar-refractivity contribution in [1.82, 2.24) is 15.5 Å². The molecule has 0 saturated heterocycles. The summed E-state index contributed by atoms with van der Waals surface area (Å²) in [6.45, 7) is 1.86. The third kappa shape index (κ3) is 3.65. The Labute approximate surface area is 121 Å². The van der Waals surface area contributed by atoms with Crippen molar-refractivity contribution in [2.45, 2.75) is 25.8 Å². The highest BCUT2D eigenvalue weighted by atomic mass is 16.4. The van der Waals surface area contributed by atoms with Crippen LogP contribution in [0.4, 0.5) is 0 Å². The molecule has 7 heteroatoms. The quantitative estimate of drug-likeness (QED) is 0.838. The number of carbonyl (C=O) groups excluding carboxylic acids is 1. The van der Waals surface area contributed by atoms with Crippen molar-refractivity contribution in [2.24, 2.45) is 0 Å².